The Morgan fingerprint density at radius 2 is 1.86 bits per heavy atom. The SMILES string of the molecule is COC(=O)c1ccc(Br)cc1-c1cccc(C(F)(F)F)c1. The molecule has 21 heavy (non-hydrogen) atoms. The van der Waals surface area contributed by atoms with E-state index in [1.54, 1.807) is 12.1 Å². The van der Waals surface area contributed by atoms with Crippen LogP contribution in [0.15, 0.2) is 46.9 Å². The molecule has 0 saturated carbocycles. The predicted octanol–water partition coefficient (Wildman–Crippen LogP) is 4.92. The van der Waals surface area contributed by atoms with Gasteiger partial charge in [-0.3, -0.25) is 0 Å². The molecule has 2 rings (SSSR count). The van der Waals surface area contributed by atoms with E-state index in [9.17, 15) is 18.0 Å². The number of ether oxygens (including phenoxy) is 1. The second-order valence-corrected chi connectivity index (χ2v) is 5.18. The number of hydrogen-bond acceptors (Lipinski definition) is 2. The fourth-order valence-electron chi connectivity index (χ4n) is 1.91. The van der Waals surface area contributed by atoms with Gasteiger partial charge in [-0.15, -0.1) is 0 Å². The zero-order valence-corrected chi connectivity index (χ0v) is 12.5. The van der Waals surface area contributed by atoms with Gasteiger partial charge in [0.15, 0.2) is 0 Å². The van der Waals surface area contributed by atoms with Crippen molar-refractivity contribution in [3.63, 3.8) is 0 Å². The molecule has 0 atom stereocenters. The average Bonchev–Trinajstić information content (AvgIpc) is 2.45. The van der Waals surface area contributed by atoms with Gasteiger partial charge in [-0.25, -0.2) is 4.79 Å². The van der Waals surface area contributed by atoms with E-state index in [0.717, 1.165) is 12.1 Å². The minimum Gasteiger partial charge on any atom is -0.465 e. The lowest BCUT2D eigenvalue weighted by Gasteiger charge is -2.12. The Labute approximate surface area is 127 Å². The molecule has 0 bridgehead atoms. The smallest absolute Gasteiger partial charge is 0.416 e. The van der Waals surface area contributed by atoms with E-state index in [4.69, 9.17) is 0 Å². The third kappa shape index (κ3) is 3.44. The molecular formula is C15H10BrF3O2. The first-order valence-corrected chi connectivity index (χ1v) is 6.67. The number of rotatable bonds is 2. The fourth-order valence-corrected chi connectivity index (χ4v) is 2.27. The highest BCUT2D eigenvalue weighted by atomic mass is 79.9. The first-order chi connectivity index (χ1) is 9.82. The van der Waals surface area contributed by atoms with Crippen LogP contribution in [0.1, 0.15) is 15.9 Å². The topological polar surface area (TPSA) is 26.3 Å². The Balaban J connectivity index is 2.61. The van der Waals surface area contributed by atoms with Gasteiger partial charge in [-0.05, 0) is 41.5 Å². The molecule has 0 aliphatic heterocycles. The summed E-state index contributed by atoms with van der Waals surface area (Å²) in [5, 5.41) is 0. The Bertz CT molecular complexity index is 681. The van der Waals surface area contributed by atoms with E-state index in [2.05, 4.69) is 20.7 Å². The minimum absolute atomic E-state index is 0.208. The Hall–Kier alpha value is -1.82. The van der Waals surface area contributed by atoms with Crippen LogP contribution < -0.4 is 0 Å². The largest absolute Gasteiger partial charge is 0.465 e. The lowest BCUT2D eigenvalue weighted by Crippen LogP contribution is -2.06. The molecule has 0 fully saturated rings. The third-order valence-electron chi connectivity index (χ3n) is 2.89. The standard InChI is InChI=1S/C15H10BrF3O2/c1-21-14(20)12-6-5-11(16)8-13(12)9-3-2-4-10(7-9)15(17,18)19/h2-8H,1H3. The minimum atomic E-state index is -4.44. The maximum atomic E-state index is 12.8. The van der Waals surface area contributed by atoms with Crippen molar-refractivity contribution < 1.29 is 22.7 Å². The van der Waals surface area contributed by atoms with Crippen LogP contribution in [0.25, 0.3) is 11.1 Å². The Kier molecular flexibility index (Phi) is 4.37. The molecule has 0 spiro atoms. The fraction of sp³-hybridized carbons (Fsp3) is 0.133. The number of esters is 1. The Morgan fingerprint density at radius 3 is 2.48 bits per heavy atom. The van der Waals surface area contributed by atoms with Crippen molar-refractivity contribution >= 4 is 21.9 Å². The molecule has 6 heteroatoms. The molecule has 110 valence electrons. The second-order valence-electron chi connectivity index (χ2n) is 4.26. The average molecular weight is 359 g/mol. The molecule has 2 aromatic carbocycles. The normalized spacial score (nSPS) is 11.3. The first-order valence-electron chi connectivity index (χ1n) is 5.88. The van der Waals surface area contributed by atoms with Crippen LogP contribution in [0.2, 0.25) is 0 Å². The lowest BCUT2D eigenvalue weighted by molar-refractivity contribution is -0.137. The van der Waals surface area contributed by atoms with Crippen molar-refractivity contribution in [2.75, 3.05) is 7.11 Å². The molecule has 0 N–H and O–H groups in total. The lowest BCUT2D eigenvalue weighted by atomic mass is 9.98. The maximum absolute atomic E-state index is 12.8. The summed E-state index contributed by atoms with van der Waals surface area (Å²) in [5.41, 5.74) is 0.115. The summed E-state index contributed by atoms with van der Waals surface area (Å²) in [7, 11) is 1.22. The molecule has 0 radical (unpaired) electrons. The number of methoxy groups -OCH3 is 1. The van der Waals surface area contributed by atoms with Gasteiger partial charge in [0.05, 0.1) is 18.2 Å². The van der Waals surface area contributed by atoms with E-state index < -0.39 is 17.7 Å². The van der Waals surface area contributed by atoms with Crippen LogP contribution in [-0.4, -0.2) is 13.1 Å². The van der Waals surface area contributed by atoms with Crippen LogP contribution in [0, 0.1) is 0 Å². The van der Waals surface area contributed by atoms with Gasteiger partial charge in [0.1, 0.15) is 0 Å². The number of carbonyl (C=O) groups excluding carboxylic acids is 1. The first kappa shape index (κ1) is 15.6. The quantitative estimate of drug-likeness (QED) is 0.712. The second kappa shape index (κ2) is 5.89. The Morgan fingerprint density at radius 1 is 1.14 bits per heavy atom. The summed E-state index contributed by atoms with van der Waals surface area (Å²) in [6.07, 6.45) is -4.44. The van der Waals surface area contributed by atoms with Gasteiger partial charge in [0.2, 0.25) is 0 Å². The van der Waals surface area contributed by atoms with Crippen molar-refractivity contribution in [3.05, 3.63) is 58.1 Å². The molecular weight excluding hydrogens is 349 g/mol. The van der Waals surface area contributed by atoms with E-state index in [0.29, 0.717) is 15.6 Å². The highest BCUT2D eigenvalue weighted by Gasteiger charge is 2.30. The van der Waals surface area contributed by atoms with E-state index in [-0.39, 0.29) is 5.56 Å². The number of alkyl halides is 3. The summed E-state index contributed by atoms with van der Waals surface area (Å²) >= 11 is 3.25. The highest BCUT2D eigenvalue weighted by molar-refractivity contribution is 9.10. The van der Waals surface area contributed by atoms with Crippen molar-refractivity contribution in [2.24, 2.45) is 0 Å². The van der Waals surface area contributed by atoms with Gasteiger partial charge in [-0.2, -0.15) is 13.2 Å². The van der Waals surface area contributed by atoms with Crippen molar-refractivity contribution in [1.82, 2.24) is 0 Å². The summed E-state index contributed by atoms with van der Waals surface area (Å²) in [6, 6.07) is 9.54. The van der Waals surface area contributed by atoms with Crippen LogP contribution in [-0.2, 0) is 10.9 Å². The summed E-state index contributed by atoms with van der Waals surface area (Å²) < 4.78 is 43.7. The van der Waals surface area contributed by atoms with Gasteiger partial charge in [0, 0.05) is 4.47 Å². The van der Waals surface area contributed by atoms with Crippen molar-refractivity contribution in [2.45, 2.75) is 6.18 Å². The van der Waals surface area contributed by atoms with Gasteiger partial charge in [0.25, 0.3) is 0 Å². The van der Waals surface area contributed by atoms with Crippen LogP contribution >= 0.6 is 15.9 Å². The number of halogens is 4. The van der Waals surface area contributed by atoms with E-state index in [1.807, 2.05) is 0 Å². The molecule has 0 amide bonds. The monoisotopic (exact) mass is 358 g/mol. The van der Waals surface area contributed by atoms with E-state index >= 15 is 0 Å². The summed E-state index contributed by atoms with van der Waals surface area (Å²) in [4.78, 5) is 11.7. The van der Waals surface area contributed by atoms with Crippen LogP contribution in [0.4, 0.5) is 13.2 Å². The number of carbonyl (C=O) groups is 1. The molecule has 2 aromatic rings. The molecule has 0 aromatic heterocycles. The molecule has 0 aliphatic carbocycles. The summed E-state index contributed by atoms with van der Waals surface area (Å²) in [5.74, 6) is -0.602. The zero-order chi connectivity index (χ0) is 15.6. The third-order valence-corrected chi connectivity index (χ3v) is 3.38. The van der Waals surface area contributed by atoms with Gasteiger partial charge >= 0.3 is 12.1 Å². The molecule has 0 heterocycles. The number of benzene rings is 2. The molecule has 0 aliphatic rings. The van der Waals surface area contributed by atoms with Gasteiger partial charge < -0.3 is 4.74 Å². The van der Waals surface area contributed by atoms with E-state index in [1.165, 1.54) is 25.3 Å². The van der Waals surface area contributed by atoms with Crippen LogP contribution in [0.3, 0.4) is 0 Å². The highest BCUT2D eigenvalue weighted by Crippen LogP contribution is 2.34. The maximum Gasteiger partial charge on any atom is 0.416 e. The zero-order valence-electron chi connectivity index (χ0n) is 10.9. The van der Waals surface area contributed by atoms with Crippen molar-refractivity contribution in [1.29, 1.82) is 0 Å². The predicted molar refractivity (Wildman–Crippen MR) is 75.9 cm³/mol. The molecule has 0 saturated heterocycles. The van der Waals surface area contributed by atoms with Gasteiger partial charge in [-0.1, -0.05) is 28.1 Å². The van der Waals surface area contributed by atoms with Crippen LogP contribution in [0.5, 0.6) is 0 Å². The van der Waals surface area contributed by atoms with Crippen molar-refractivity contribution in [3.8, 4) is 11.1 Å². The summed E-state index contributed by atoms with van der Waals surface area (Å²) in [6.45, 7) is 0. The number of hydrogen-bond donors (Lipinski definition) is 0. The molecule has 2 nitrogen and oxygen atoms in total. The molecule has 0 unspecified atom stereocenters.